The van der Waals surface area contributed by atoms with Crippen LogP contribution in [0.3, 0.4) is 0 Å². The van der Waals surface area contributed by atoms with Gasteiger partial charge in [-0.15, -0.1) is 0 Å². The number of nitrogens with two attached hydrogens (primary N) is 1. The van der Waals surface area contributed by atoms with Gasteiger partial charge in [-0.1, -0.05) is 0 Å². The predicted molar refractivity (Wildman–Crippen MR) is 20.5 cm³/mol. The van der Waals surface area contributed by atoms with E-state index in [0.717, 1.165) is 3.93 Å². The van der Waals surface area contributed by atoms with E-state index in [9.17, 15) is 0 Å². The standard InChI is InChI=1S/C2H5.ClH.Hg.H2N/c1-2;;;/h1H2,2H3;1H;;1H2/q;;+2;-1/p-1. The normalized spacial score (nSPS) is 7.80. The van der Waals surface area contributed by atoms with Crippen LogP contribution in [-0.2, 0) is 22.1 Å². The van der Waals surface area contributed by atoms with Gasteiger partial charge in [0.15, 0.2) is 0 Å². The molecule has 0 bridgehead atoms. The van der Waals surface area contributed by atoms with E-state index in [1.807, 2.05) is 6.92 Å². The van der Waals surface area contributed by atoms with Gasteiger partial charge in [-0.25, -0.2) is 0 Å². The van der Waals surface area contributed by atoms with E-state index >= 15 is 0 Å². The van der Waals surface area contributed by atoms with Gasteiger partial charge in [-0.2, -0.15) is 0 Å². The Morgan fingerprint density at radius 3 is 2.20 bits per heavy atom. The molecule has 29 valence electrons. The Morgan fingerprint density at radius 2 is 2.20 bits per heavy atom. The van der Waals surface area contributed by atoms with Crippen LogP contribution in [0, 0.1) is 0 Å². The van der Waals surface area contributed by atoms with Crippen LogP contribution in [0.4, 0.5) is 0 Å². The molecule has 0 aliphatic carbocycles. The number of hydrogen-bond acceptors (Lipinski definition) is 1. The van der Waals surface area contributed by atoms with Crippen molar-refractivity contribution in [2.24, 2.45) is 3.50 Å². The molecule has 5 heavy (non-hydrogen) atoms. The van der Waals surface area contributed by atoms with Gasteiger partial charge in [0.2, 0.25) is 0 Å². The van der Waals surface area contributed by atoms with Crippen LogP contribution in [0.25, 0.3) is 0 Å². The van der Waals surface area contributed by atoms with Gasteiger partial charge in [-0.3, -0.25) is 0 Å². The van der Waals surface area contributed by atoms with E-state index in [0.29, 0.717) is 0 Å². The third-order valence-electron chi connectivity index (χ3n) is 0.478. The van der Waals surface area contributed by atoms with E-state index in [1.54, 1.807) is 0 Å². The van der Waals surface area contributed by atoms with Crippen LogP contribution in [0.1, 0.15) is 6.92 Å². The summed E-state index contributed by atoms with van der Waals surface area (Å²) in [6.45, 7) is 2.05. The molecule has 0 rings (SSSR count). The summed E-state index contributed by atoms with van der Waals surface area (Å²) in [6.07, 6.45) is 0. The molecule has 3 heteroatoms. The summed E-state index contributed by atoms with van der Waals surface area (Å²) in [7, 11) is 5.47. The summed E-state index contributed by atoms with van der Waals surface area (Å²) in [5.74, 6) is 0. The average molecular weight is 281 g/mol. The van der Waals surface area contributed by atoms with E-state index in [-0.39, 0.29) is 0 Å². The first-order chi connectivity index (χ1) is 2.27. The molecule has 0 radical (unpaired) electrons. The Bertz CT molecular complexity index is 23.6. The third kappa shape index (κ3) is 5.19. The molecule has 0 aliphatic heterocycles. The van der Waals surface area contributed by atoms with Crippen molar-refractivity contribution >= 4 is 8.25 Å². The molecule has 0 atom stereocenters. The molecule has 0 heterocycles. The van der Waals surface area contributed by atoms with Crippen LogP contribution in [0.2, 0.25) is 3.93 Å². The average Bonchev–Trinajstić information content (AvgIpc) is 1.38. The van der Waals surface area contributed by atoms with Crippen molar-refractivity contribution in [2.75, 3.05) is 0 Å². The number of hydrogen-bond donors (Lipinski definition) is 1. The van der Waals surface area contributed by atoms with Gasteiger partial charge in [0, 0.05) is 0 Å². The van der Waals surface area contributed by atoms with E-state index < -0.39 is 22.1 Å². The van der Waals surface area contributed by atoms with Crippen LogP contribution in [-0.4, -0.2) is 0 Å². The first kappa shape index (κ1) is 6.19. The molecule has 1 nitrogen and oxygen atoms in total. The zero-order valence-corrected chi connectivity index (χ0v) is 9.62. The summed E-state index contributed by atoms with van der Waals surface area (Å²) in [5, 5.41) is 0. The minimum absolute atomic E-state index is 1.08. The van der Waals surface area contributed by atoms with Crippen molar-refractivity contribution in [2.45, 2.75) is 10.9 Å². The molecule has 0 spiro atoms. The monoisotopic (exact) mass is 282 g/mol. The second-order valence-corrected chi connectivity index (χ2v) is 16.0. The summed E-state index contributed by atoms with van der Waals surface area (Å²) < 4.78 is 6.37. The maximum absolute atomic E-state index is 5.47. The van der Waals surface area contributed by atoms with Crippen molar-refractivity contribution in [1.82, 2.24) is 0 Å². The van der Waals surface area contributed by atoms with Crippen LogP contribution in [0.5, 0.6) is 0 Å². The first-order valence-electron chi connectivity index (χ1n) is 1.88. The zero-order valence-electron chi connectivity index (χ0n) is 3.37. The van der Waals surface area contributed by atoms with Gasteiger partial charge in [-0.05, 0) is 0 Å². The minimum atomic E-state index is -1.87. The van der Waals surface area contributed by atoms with Crippen LogP contribution in [0.15, 0.2) is 0 Å². The fourth-order valence-electron chi connectivity index (χ4n) is 0. The van der Waals surface area contributed by atoms with Crippen molar-refractivity contribution in [3.05, 3.63) is 0 Å². The Morgan fingerprint density at radius 1 is 2.00 bits per heavy atom. The fraction of sp³-hybridized carbons (Fsp3) is 1.00. The first-order valence-corrected chi connectivity index (χ1v) is 15.7. The molecule has 0 fully saturated rings. The Labute approximate surface area is 44.6 Å². The Hall–Kier alpha value is 1.19. The van der Waals surface area contributed by atoms with Crippen LogP contribution < -0.4 is 3.50 Å². The fourth-order valence-corrected chi connectivity index (χ4v) is 0. The number of halogens is 1. The molecule has 0 saturated heterocycles. The van der Waals surface area contributed by atoms with Crippen LogP contribution >= 0.6 is 8.25 Å². The van der Waals surface area contributed by atoms with Crippen molar-refractivity contribution in [3.63, 3.8) is 0 Å². The quantitative estimate of drug-likeness (QED) is 0.715. The van der Waals surface area contributed by atoms with E-state index in [2.05, 4.69) is 0 Å². The number of rotatable bonds is 1. The summed E-state index contributed by atoms with van der Waals surface area (Å²) in [6, 6.07) is 0. The van der Waals surface area contributed by atoms with E-state index in [4.69, 9.17) is 11.7 Å². The summed E-state index contributed by atoms with van der Waals surface area (Å²) in [4.78, 5) is 0. The summed E-state index contributed by atoms with van der Waals surface area (Å²) >= 11 is -1.87. The molecule has 0 aromatic rings. The SMILES string of the molecule is C[CH2][Hg]([NH2])[Cl]. The molecule has 0 saturated carbocycles. The predicted octanol–water partition coefficient (Wildman–Crippen LogP) is 1.07. The molecule has 2 N–H and O–H groups in total. The molecule has 0 aliphatic rings. The topological polar surface area (TPSA) is 26.0 Å². The van der Waals surface area contributed by atoms with Gasteiger partial charge < -0.3 is 0 Å². The molecule has 0 unspecified atom stereocenters. The van der Waals surface area contributed by atoms with Gasteiger partial charge >= 0.3 is 44.7 Å². The second kappa shape index (κ2) is 3.38. The molecule has 0 aromatic carbocycles. The zero-order chi connectivity index (χ0) is 4.28. The maximum atomic E-state index is 5.47. The van der Waals surface area contributed by atoms with Crippen molar-refractivity contribution in [1.29, 1.82) is 0 Å². The van der Waals surface area contributed by atoms with Gasteiger partial charge in [0.05, 0.1) is 0 Å². The molecular formula is C2H7ClHgN. The summed E-state index contributed by atoms with van der Waals surface area (Å²) in [5.41, 5.74) is 0. The van der Waals surface area contributed by atoms with Gasteiger partial charge in [0.1, 0.15) is 0 Å². The molecule has 0 aromatic heterocycles. The van der Waals surface area contributed by atoms with Crippen molar-refractivity contribution < 1.29 is 22.1 Å². The third-order valence-corrected chi connectivity index (χ3v) is 7.51. The molecular weight excluding hydrogens is 274 g/mol. The van der Waals surface area contributed by atoms with Gasteiger partial charge in [0.25, 0.3) is 0 Å². The molecule has 0 amide bonds. The van der Waals surface area contributed by atoms with E-state index in [1.165, 1.54) is 0 Å². The Balaban J connectivity index is 2.54. The van der Waals surface area contributed by atoms with Crippen molar-refractivity contribution in [3.8, 4) is 0 Å². The second-order valence-electron chi connectivity index (χ2n) is 1.13. The Kier molecular flexibility index (Phi) is 4.18.